The first kappa shape index (κ1) is 9.13. The lowest BCUT2D eigenvalue weighted by molar-refractivity contribution is -0.128. The molecule has 4 N–H and O–H groups in total. The van der Waals surface area contributed by atoms with Gasteiger partial charge in [-0.1, -0.05) is 6.08 Å². The Morgan fingerprint density at radius 1 is 1.90 bits per heavy atom. The topological polar surface area (TPSA) is 75.3 Å². The first-order valence-electron chi connectivity index (χ1n) is 2.99. The predicted molar refractivity (Wildman–Crippen MR) is 38.3 cm³/mol. The van der Waals surface area contributed by atoms with Crippen molar-refractivity contribution in [3.8, 4) is 0 Å². The van der Waals surface area contributed by atoms with E-state index in [1.165, 1.54) is 6.08 Å². The van der Waals surface area contributed by atoms with E-state index >= 15 is 0 Å². The van der Waals surface area contributed by atoms with Crippen LogP contribution in [0.1, 0.15) is 0 Å². The van der Waals surface area contributed by atoms with Crippen LogP contribution in [-0.2, 0) is 4.79 Å². The summed E-state index contributed by atoms with van der Waals surface area (Å²) < 4.78 is 0. The fourth-order valence-electron chi connectivity index (χ4n) is 0.398. The summed E-state index contributed by atoms with van der Waals surface area (Å²) in [6.07, 6.45) is 0.432. The summed E-state index contributed by atoms with van der Waals surface area (Å²) in [6, 6.07) is 0. The molecule has 58 valence electrons. The van der Waals surface area contributed by atoms with Crippen LogP contribution in [-0.4, -0.2) is 30.2 Å². The molecule has 0 saturated carbocycles. The number of nitrogens with two attached hydrogens (primary N) is 1. The third kappa shape index (κ3) is 3.21. The van der Waals surface area contributed by atoms with E-state index in [4.69, 9.17) is 10.8 Å². The molecule has 1 amide bonds. The highest BCUT2D eigenvalue weighted by Crippen LogP contribution is 1.77. The molecule has 0 bridgehead atoms. The van der Waals surface area contributed by atoms with Gasteiger partial charge in [-0.2, -0.15) is 0 Å². The van der Waals surface area contributed by atoms with Gasteiger partial charge >= 0.3 is 0 Å². The summed E-state index contributed by atoms with van der Waals surface area (Å²) in [6.45, 7) is 3.69. The second-order valence-corrected chi connectivity index (χ2v) is 1.79. The third-order valence-electron chi connectivity index (χ3n) is 0.947. The van der Waals surface area contributed by atoms with Crippen LogP contribution in [0, 0.1) is 0 Å². The maximum Gasteiger partial charge on any atom is 0.250 e. The van der Waals surface area contributed by atoms with Crippen molar-refractivity contribution in [1.29, 1.82) is 0 Å². The Balaban J connectivity index is 3.51. The largest absolute Gasteiger partial charge is 0.382 e. The Morgan fingerprint density at radius 2 is 2.50 bits per heavy atom. The maximum atomic E-state index is 10.6. The van der Waals surface area contributed by atoms with E-state index in [0.717, 1.165) is 0 Å². The molecular formula is C6H12N2O2. The summed E-state index contributed by atoms with van der Waals surface area (Å²) in [4.78, 5) is 10.6. The lowest BCUT2D eigenvalue weighted by Crippen LogP contribution is -2.39. The molecule has 0 aliphatic rings. The fraction of sp³-hybridized carbons (Fsp3) is 0.500. The first-order chi connectivity index (χ1) is 4.72. The zero-order valence-electron chi connectivity index (χ0n) is 5.71. The van der Waals surface area contributed by atoms with Gasteiger partial charge in [-0.3, -0.25) is 4.79 Å². The van der Waals surface area contributed by atoms with Gasteiger partial charge < -0.3 is 16.2 Å². The third-order valence-corrected chi connectivity index (χ3v) is 0.947. The van der Waals surface area contributed by atoms with Crippen molar-refractivity contribution in [3.63, 3.8) is 0 Å². The standard InChI is InChI=1S/C6H12N2O2/c1-2-3-8-6(10)5(9)4-7/h2,5,9H,1,3-4,7H2,(H,8,10). The Morgan fingerprint density at radius 3 is 2.90 bits per heavy atom. The second-order valence-electron chi connectivity index (χ2n) is 1.79. The molecule has 0 aliphatic carbocycles. The summed E-state index contributed by atoms with van der Waals surface area (Å²) in [7, 11) is 0. The molecule has 4 nitrogen and oxygen atoms in total. The number of carbonyl (C=O) groups excluding carboxylic acids is 1. The molecule has 10 heavy (non-hydrogen) atoms. The van der Waals surface area contributed by atoms with Gasteiger partial charge in [-0.25, -0.2) is 0 Å². The van der Waals surface area contributed by atoms with Crippen molar-refractivity contribution in [3.05, 3.63) is 12.7 Å². The highest BCUT2D eigenvalue weighted by Gasteiger charge is 2.09. The molecule has 0 heterocycles. The van der Waals surface area contributed by atoms with E-state index in [1.54, 1.807) is 0 Å². The summed E-state index contributed by atoms with van der Waals surface area (Å²) in [5.41, 5.74) is 5.01. The van der Waals surface area contributed by atoms with Crippen LogP contribution >= 0.6 is 0 Å². The smallest absolute Gasteiger partial charge is 0.250 e. The number of rotatable bonds is 4. The number of aliphatic hydroxyl groups is 1. The van der Waals surface area contributed by atoms with Crippen molar-refractivity contribution in [2.75, 3.05) is 13.1 Å². The lowest BCUT2D eigenvalue weighted by Gasteiger charge is -2.05. The molecule has 0 aromatic heterocycles. The van der Waals surface area contributed by atoms with E-state index in [9.17, 15) is 4.79 Å². The number of hydrogen-bond acceptors (Lipinski definition) is 3. The minimum Gasteiger partial charge on any atom is -0.382 e. The average Bonchev–Trinajstić information content (AvgIpc) is 1.98. The predicted octanol–water partition coefficient (Wildman–Crippen LogP) is -1.39. The van der Waals surface area contributed by atoms with Crippen LogP contribution in [0.25, 0.3) is 0 Å². The highest BCUT2D eigenvalue weighted by molar-refractivity contribution is 5.80. The van der Waals surface area contributed by atoms with Gasteiger partial charge in [0.1, 0.15) is 6.10 Å². The van der Waals surface area contributed by atoms with Gasteiger partial charge in [0.2, 0.25) is 5.91 Å². The normalized spacial score (nSPS) is 12.2. The van der Waals surface area contributed by atoms with E-state index in [0.29, 0.717) is 6.54 Å². The Bertz CT molecular complexity index is 125. The van der Waals surface area contributed by atoms with Crippen molar-refractivity contribution >= 4 is 5.91 Å². The van der Waals surface area contributed by atoms with Crippen molar-refractivity contribution in [2.24, 2.45) is 5.73 Å². The lowest BCUT2D eigenvalue weighted by atomic mass is 10.3. The number of aliphatic hydroxyl groups excluding tert-OH is 1. The van der Waals surface area contributed by atoms with E-state index in [2.05, 4.69) is 11.9 Å². The van der Waals surface area contributed by atoms with Crippen LogP contribution in [0.2, 0.25) is 0 Å². The summed E-state index contributed by atoms with van der Waals surface area (Å²) in [5.74, 6) is -0.456. The van der Waals surface area contributed by atoms with Crippen LogP contribution < -0.4 is 11.1 Å². The van der Waals surface area contributed by atoms with Gasteiger partial charge in [0.25, 0.3) is 0 Å². The zero-order valence-corrected chi connectivity index (χ0v) is 5.71. The minimum atomic E-state index is -1.10. The summed E-state index contributed by atoms with van der Waals surface area (Å²) >= 11 is 0. The molecule has 4 heteroatoms. The van der Waals surface area contributed by atoms with E-state index in [1.807, 2.05) is 0 Å². The maximum absolute atomic E-state index is 10.6. The minimum absolute atomic E-state index is 0.0526. The molecule has 1 atom stereocenters. The number of amides is 1. The molecule has 1 unspecified atom stereocenters. The number of carbonyl (C=O) groups is 1. The van der Waals surface area contributed by atoms with Gasteiger partial charge in [0.05, 0.1) is 0 Å². The molecule has 0 spiro atoms. The van der Waals surface area contributed by atoms with Gasteiger partial charge in [0.15, 0.2) is 0 Å². The van der Waals surface area contributed by atoms with Gasteiger partial charge in [0, 0.05) is 13.1 Å². The summed E-state index contributed by atoms with van der Waals surface area (Å²) in [5, 5.41) is 11.2. The average molecular weight is 144 g/mol. The molecule has 0 aliphatic heterocycles. The van der Waals surface area contributed by atoms with Crippen LogP contribution in [0.4, 0.5) is 0 Å². The fourth-order valence-corrected chi connectivity index (χ4v) is 0.398. The molecule has 0 saturated heterocycles. The van der Waals surface area contributed by atoms with Crippen molar-refractivity contribution in [1.82, 2.24) is 5.32 Å². The Hall–Kier alpha value is -0.870. The second kappa shape index (κ2) is 4.96. The Labute approximate surface area is 59.7 Å². The first-order valence-corrected chi connectivity index (χ1v) is 2.99. The quantitative estimate of drug-likeness (QED) is 0.425. The molecule has 0 fully saturated rings. The number of hydrogen-bond donors (Lipinski definition) is 3. The monoisotopic (exact) mass is 144 g/mol. The molecule has 0 radical (unpaired) electrons. The van der Waals surface area contributed by atoms with E-state index in [-0.39, 0.29) is 6.54 Å². The van der Waals surface area contributed by atoms with Crippen LogP contribution in [0.15, 0.2) is 12.7 Å². The van der Waals surface area contributed by atoms with Crippen molar-refractivity contribution in [2.45, 2.75) is 6.10 Å². The zero-order chi connectivity index (χ0) is 7.98. The highest BCUT2D eigenvalue weighted by atomic mass is 16.3. The van der Waals surface area contributed by atoms with E-state index < -0.39 is 12.0 Å². The van der Waals surface area contributed by atoms with Gasteiger partial charge in [-0.05, 0) is 0 Å². The Kier molecular flexibility index (Phi) is 4.53. The van der Waals surface area contributed by atoms with Crippen LogP contribution in [0.3, 0.4) is 0 Å². The molecule has 0 aromatic rings. The van der Waals surface area contributed by atoms with Gasteiger partial charge in [-0.15, -0.1) is 6.58 Å². The molecule has 0 rings (SSSR count). The van der Waals surface area contributed by atoms with Crippen LogP contribution in [0.5, 0.6) is 0 Å². The van der Waals surface area contributed by atoms with Crippen molar-refractivity contribution < 1.29 is 9.90 Å². The SMILES string of the molecule is C=CCNC(=O)C(O)CN. The molecule has 0 aromatic carbocycles. The molecular weight excluding hydrogens is 132 g/mol. The number of nitrogens with one attached hydrogen (secondary N) is 1.